The van der Waals surface area contributed by atoms with E-state index in [1.807, 2.05) is 54.6 Å². The van der Waals surface area contributed by atoms with E-state index in [0.29, 0.717) is 23.7 Å². The van der Waals surface area contributed by atoms with Gasteiger partial charge in [0.2, 0.25) is 5.91 Å². The second-order valence-electron chi connectivity index (χ2n) is 7.14. The third kappa shape index (κ3) is 3.97. The quantitative estimate of drug-likeness (QED) is 0.433. The normalized spacial score (nSPS) is 13.2. The van der Waals surface area contributed by atoms with E-state index in [1.165, 1.54) is 11.8 Å². The van der Waals surface area contributed by atoms with Gasteiger partial charge in [0.25, 0.3) is 0 Å². The summed E-state index contributed by atoms with van der Waals surface area (Å²) < 4.78 is 0. The fraction of sp³-hybridized carbons (Fsp3) is 0.0870. The topological polar surface area (TPSA) is 90.1 Å². The molecular weight excluding hydrogens is 410 g/mol. The summed E-state index contributed by atoms with van der Waals surface area (Å²) in [4.78, 5) is 35.2. The van der Waals surface area contributed by atoms with Crippen molar-refractivity contribution in [3.8, 4) is 0 Å². The summed E-state index contributed by atoms with van der Waals surface area (Å²) in [5.41, 5.74) is 3.99. The fourth-order valence-electron chi connectivity index (χ4n) is 3.58. The van der Waals surface area contributed by atoms with Gasteiger partial charge in [0.1, 0.15) is 0 Å². The van der Waals surface area contributed by atoms with Gasteiger partial charge in [-0.1, -0.05) is 30.3 Å². The van der Waals surface area contributed by atoms with Crippen LogP contribution in [0, 0.1) is 0 Å². The molecule has 2 aromatic heterocycles. The molecular formula is C23H19N5O2S. The van der Waals surface area contributed by atoms with Crippen LogP contribution in [0.1, 0.15) is 5.56 Å². The number of nitrogens with zero attached hydrogens (tertiary/aromatic N) is 2. The first-order valence-electron chi connectivity index (χ1n) is 9.77. The van der Waals surface area contributed by atoms with Crippen molar-refractivity contribution in [1.29, 1.82) is 0 Å². The minimum Gasteiger partial charge on any atom is -0.358 e. The standard InChI is InChI=1S/C23H19N5O2S/c29-22-14-31-21-7-6-16(10-20(21)28(22)13-15-4-2-1-3-5-15)26-23(30)27-19-12-25-18-11-24-9-8-17(18)19/h1-12,25H,13-14H2,(H2,26,27,30). The van der Waals surface area contributed by atoms with Gasteiger partial charge < -0.3 is 20.5 Å². The number of benzene rings is 2. The molecule has 3 amide bonds. The van der Waals surface area contributed by atoms with E-state index in [2.05, 4.69) is 20.6 Å². The van der Waals surface area contributed by atoms with Crippen LogP contribution >= 0.6 is 11.8 Å². The molecule has 3 N–H and O–H groups in total. The molecule has 0 radical (unpaired) electrons. The molecule has 5 rings (SSSR count). The zero-order valence-corrected chi connectivity index (χ0v) is 17.3. The SMILES string of the molecule is O=C(Nc1ccc2c(c1)N(Cc1ccccc1)C(=O)CS2)Nc1c[nH]c2cnccc12. The summed E-state index contributed by atoms with van der Waals surface area (Å²) in [7, 11) is 0. The molecule has 0 fully saturated rings. The minimum absolute atomic E-state index is 0.0513. The monoisotopic (exact) mass is 429 g/mol. The van der Waals surface area contributed by atoms with Crippen LogP contribution in [0.5, 0.6) is 0 Å². The molecule has 31 heavy (non-hydrogen) atoms. The number of pyridine rings is 1. The van der Waals surface area contributed by atoms with Gasteiger partial charge in [-0.25, -0.2) is 4.79 Å². The van der Waals surface area contributed by atoms with E-state index in [-0.39, 0.29) is 11.9 Å². The van der Waals surface area contributed by atoms with E-state index in [4.69, 9.17) is 0 Å². The molecule has 154 valence electrons. The largest absolute Gasteiger partial charge is 0.358 e. The van der Waals surface area contributed by atoms with Gasteiger partial charge >= 0.3 is 6.03 Å². The van der Waals surface area contributed by atoms with Crippen LogP contribution in [-0.2, 0) is 11.3 Å². The highest BCUT2D eigenvalue weighted by molar-refractivity contribution is 8.00. The lowest BCUT2D eigenvalue weighted by Gasteiger charge is -2.29. The summed E-state index contributed by atoms with van der Waals surface area (Å²) in [5.74, 6) is 0.457. The smallest absolute Gasteiger partial charge is 0.323 e. The Morgan fingerprint density at radius 3 is 2.87 bits per heavy atom. The van der Waals surface area contributed by atoms with Crippen LogP contribution < -0.4 is 15.5 Å². The number of urea groups is 1. The van der Waals surface area contributed by atoms with Crippen molar-refractivity contribution in [2.24, 2.45) is 0 Å². The van der Waals surface area contributed by atoms with E-state index < -0.39 is 0 Å². The average molecular weight is 430 g/mol. The lowest BCUT2D eigenvalue weighted by atomic mass is 10.2. The Labute approximate surface area is 182 Å². The number of carbonyl (C=O) groups excluding carboxylic acids is 2. The highest BCUT2D eigenvalue weighted by Gasteiger charge is 2.25. The molecule has 7 nitrogen and oxygen atoms in total. The summed E-state index contributed by atoms with van der Waals surface area (Å²) in [6, 6.07) is 17.0. The Morgan fingerprint density at radius 2 is 2.00 bits per heavy atom. The van der Waals surface area contributed by atoms with Gasteiger partial charge in [-0.15, -0.1) is 11.8 Å². The van der Waals surface area contributed by atoms with Crippen LogP contribution in [0.25, 0.3) is 10.9 Å². The van der Waals surface area contributed by atoms with Crippen molar-refractivity contribution in [1.82, 2.24) is 9.97 Å². The Balaban J connectivity index is 1.36. The molecule has 0 aliphatic carbocycles. The van der Waals surface area contributed by atoms with Crippen molar-refractivity contribution >= 4 is 51.7 Å². The summed E-state index contributed by atoms with van der Waals surface area (Å²) in [5, 5.41) is 6.61. The molecule has 0 unspecified atom stereocenters. The molecule has 2 aromatic carbocycles. The van der Waals surface area contributed by atoms with Crippen LogP contribution in [-0.4, -0.2) is 27.7 Å². The van der Waals surface area contributed by atoms with Gasteiger partial charge in [-0.05, 0) is 29.8 Å². The third-order valence-electron chi connectivity index (χ3n) is 5.07. The summed E-state index contributed by atoms with van der Waals surface area (Å²) in [6.07, 6.45) is 5.12. The molecule has 8 heteroatoms. The maximum Gasteiger partial charge on any atom is 0.323 e. The van der Waals surface area contributed by atoms with Crippen molar-refractivity contribution in [3.63, 3.8) is 0 Å². The second kappa shape index (κ2) is 8.16. The first kappa shape index (κ1) is 19.2. The van der Waals surface area contributed by atoms with Crippen LogP contribution in [0.3, 0.4) is 0 Å². The highest BCUT2D eigenvalue weighted by atomic mass is 32.2. The van der Waals surface area contributed by atoms with Gasteiger partial charge in [0.15, 0.2) is 0 Å². The lowest BCUT2D eigenvalue weighted by molar-refractivity contribution is -0.116. The van der Waals surface area contributed by atoms with E-state index in [1.54, 1.807) is 23.5 Å². The Bertz CT molecular complexity index is 1270. The number of nitrogens with one attached hydrogen (secondary N) is 3. The number of anilines is 3. The maximum absolute atomic E-state index is 12.6. The molecule has 0 spiro atoms. The first-order chi connectivity index (χ1) is 15.2. The maximum atomic E-state index is 12.6. The lowest BCUT2D eigenvalue weighted by Crippen LogP contribution is -2.34. The predicted molar refractivity (Wildman–Crippen MR) is 124 cm³/mol. The molecule has 1 aliphatic heterocycles. The number of fused-ring (bicyclic) bond motifs is 2. The van der Waals surface area contributed by atoms with E-state index in [0.717, 1.165) is 27.0 Å². The number of aromatic amines is 1. The van der Waals surface area contributed by atoms with Crippen molar-refractivity contribution in [2.75, 3.05) is 21.3 Å². The van der Waals surface area contributed by atoms with Crippen molar-refractivity contribution in [2.45, 2.75) is 11.4 Å². The highest BCUT2D eigenvalue weighted by Crippen LogP contribution is 2.38. The number of hydrogen-bond acceptors (Lipinski definition) is 4. The Morgan fingerprint density at radius 1 is 1.13 bits per heavy atom. The summed E-state index contributed by atoms with van der Waals surface area (Å²) in [6.45, 7) is 0.492. The van der Waals surface area contributed by atoms with E-state index >= 15 is 0 Å². The molecule has 0 atom stereocenters. The van der Waals surface area contributed by atoms with Crippen LogP contribution in [0.4, 0.5) is 21.9 Å². The number of carbonyl (C=O) groups is 2. The molecule has 0 saturated carbocycles. The number of hydrogen-bond donors (Lipinski definition) is 3. The number of rotatable bonds is 4. The molecule has 3 heterocycles. The zero-order valence-electron chi connectivity index (χ0n) is 16.5. The first-order valence-corrected chi connectivity index (χ1v) is 10.8. The van der Waals surface area contributed by atoms with Gasteiger partial charge in [0, 0.05) is 28.4 Å². The summed E-state index contributed by atoms with van der Waals surface area (Å²) >= 11 is 1.51. The number of amides is 3. The van der Waals surface area contributed by atoms with Crippen LogP contribution in [0.2, 0.25) is 0 Å². The third-order valence-corrected chi connectivity index (χ3v) is 6.12. The second-order valence-corrected chi connectivity index (χ2v) is 8.16. The predicted octanol–water partition coefficient (Wildman–Crippen LogP) is 4.85. The minimum atomic E-state index is -0.359. The van der Waals surface area contributed by atoms with Crippen LogP contribution in [0.15, 0.2) is 78.1 Å². The molecule has 0 bridgehead atoms. The number of H-pyrrole nitrogens is 1. The Kier molecular flexibility index (Phi) is 5.05. The number of aromatic nitrogens is 2. The van der Waals surface area contributed by atoms with Gasteiger partial charge in [-0.3, -0.25) is 9.78 Å². The van der Waals surface area contributed by atoms with E-state index in [9.17, 15) is 9.59 Å². The number of thioether (sulfide) groups is 1. The average Bonchev–Trinajstić information content (AvgIpc) is 3.19. The van der Waals surface area contributed by atoms with Crippen molar-refractivity contribution < 1.29 is 9.59 Å². The van der Waals surface area contributed by atoms with Gasteiger partial charge in [-0.2, -0.15) is 0 Å². The Hall–Kier alpha value is -3.78. The molecule has 0 saturated heterocycles. The van der Waals surface area contributed by atoms with Crippen molar-refractivity contribution in [3.05, 3.63) is 78.8 Å². The zero-order chi connectivity index (χ0) is 21.2. The molecule has 1 aliphatic rings. The fourth-order valence-corrected chi connectivity index (χ4v) is 4.50. The molecule has 4 aromatic rings. The van der Waals surface area contributed by atoms with Gasteiger partial charge in [0.05, 0.1) is 35.4 Å².